The number of nitrogens with two attached hydrogens (primary N) is 1. The molecule has 2 aromatic heterocycles. The topological polar surface area (TPSA) is 130 Å². The molecule has 8 heteroatoms. The van der Waals surface area contributed by atoms with Crippen LogP contribution in [0.5, 0.6) is 0 Å². The number of nitrogen functional groups attached to an aromatic ring is 1. The molecule has 5 N–H and O–H groups in total. The molecule has 0 amide bonds. The van der Waals surface area contributed by atoms with Crippen molar-refractivity contribution in [3.8, 4) is 0 Å². The zero-order chi connectivity index (χ0) is 14.4. The van der Waals surface area contributed by atoms with E-state index < -0.39 is 11.7 Å². The molecular formula is C12H15N5O3. The van der Waals surface area contributed by atoms with Crippen LogP contribution in [0.25, 0.3) is 11.2 Å². The summed E-state index contributed by atoms with van der Waals surface area (Å²) in [6, 6.07) is -0.263. The Bertz CT molecular complexity index is 734. The molecule has 2 heterocycles. The number of anilines is 1. The van der Waals surface area contributed by atoms with E-state index in [0.717, 1.165) is 0 Å². The summed E-state index contributed by atoms with van der Waals surface area (Å²) in [7, 11) is 0. The maximum atomic E-state index is 11.7. The van der Waals surface area contributed by atoms with E-state index in [-0.39, 0.29) is 30.0 Å². The van der Waals surface area contributed by atoms with Crippen molar-refractivity contribution in [2.45, 2.75) is 18.6 Å². The van der Waals surface area contributed by atoms with Gasteiger partial charge >= 0.3 is 0 Å². The summed E-state index contributed by atoms with van der Waals surface area (Å²) < 4.78 is 1.67. The monoisotopic (exact) mass is 280 g/mol. The fraction of sp³-hybridized carbons (Fsp3) is 0.417. The average molecular weight is 280 g/mol. The van der Waals surface area contributed by atoms with Gasteiger partial charge in [-0.25, -0.2) is 4.98 Å². The molecule has 2 aromatic rings. The lowest BCUT2D eigenvalue weighted by Gasteiger charge is -2.15. The first-order valence-corrected chi connectivity index (χ1v) is 6.23. The van der Waals surface area contributed by atoms with E-state index in [1.165, 1.54) is 6.33 Å². The Morgan fingerprint density at radius 1 is 1.60 bits per heavy atom. The second kappa shape index (κ2) is 4.43. The van der Waals surface area contributed by atoms with E-state index in [1.54, 1.807) is 4.57 Å². The lowest BCUT2D eigenvalue weighted by molar-refractivity contribution is 0.101. The standard InChI is InChI=1S/C12H15N5O3/c1-5-6(3-18)8(19)2-7(5)17-4-14-9-10(17)15-12(13)16-11(9)20/h4,6-8,18-19H,1-3H2,(H3,13,15,16,20)/t6-,7-,8+/m1/s1/i10+1,11+1,14+1. The highest BCUT2D eigenvalue weighted by molar-refractivity contribution is 5.70. The number of nitrogens with zero attached hydrogens (tertiary/aromatic N) is 3. The number of aliphatic hydroxyl groups excluding tert-OH is 2. The lowest BCUT2D eigenvalue weighted by atomic mass is 10.0. The molecule has 8 nitrogen and oxygen atoms in total. The smallest absolute Gasteiger partial charge is 0.280 e. The van der Waals surface area contributed by atoms with Crippen molar-refractivity contribution in [2.24, 2.45) is 5.92 Å². The summed E-state index contributed by atoms with van der Waals surface area (Å²) in [4.78, 5) is 22.2. The highest BCUT2D eigenvalue weighted by Crippen LogP contribution is 2.39. The van der Waals surface area contributed by atoms with Gasteiger partial charge < -0.3 is 20.5 Å². The van der Waals surface area contributed by atoms with Crippen molar-refractivity contribution < 1.29 is 10.2 Å². The predicted molar refractivity (Wildman–Crippen MR) is 71.9 cm³/mol. The van der Waals surface area contributed by atoms with Crippen LogP contribution in [-0.4, -0.2) is 42.4 Å². The number of aliphatic hydroxyl groups is 2. The van der Waals surface area contributed by atoms with Gasteiger partial charge in [0, 0.05) is 5.92 Å². The van der Waals surface area contributed by atoms with E-state index in [1.807, 2.05) is 0 Å². The number of nitrogens with one attached hydrogen (secondary N) is 1. The molecule has 0 saturated heterocycles. The maximum absolute atomic E-state index is 11.7. The highest BCUT2D eigenvalue weighted by Gasteiger charge is 2.37. The minimum Gasteiger partial charge on any atom is -0.396 e. The second-order valence-electron chi connectivity index (χ2n) is 4.96. The molecule has 3 rings (SSSR count). The molecule has 1 saturated carbocycles. The number of hydrogen-bond acceptors (Lipinski definition) is 6. The van der Waals surface area contributed by atoms with Crippen molar-refractivity contribution in [1.29, 1.82) is 0 Å². The molecule has 3 atom stereocenters. The predicted octanol–water partition coefficient (Wildman–Crippen LogP) is -0.828. The van der Waals surface area contributed by atoms with Gasteiger partial charge in [-0.15, -0.1) is 0 Å². The molecule has 0 unspecified atom stereocenters. The number of rotatable bonds is 2. The Balaban J connectivity index is 2.12. The van der Waals surface area contributed by atoms with Gasteiger partial charge in [-0.1, -0.05) is 6.58 Å². The molecule has 0 spiro atoms. The minimum absolute atomic E-state index is 0.00659. The van der Waals surface area contributed by atoms with E-state index in [4.69, 9.17) is 5.73 Å². The number of aromatic amines is 1. The highest BCUT2D eigenvalue weighted by atomic mass is 16.3. The van der Waals surface area contributed by atoms with Crippen LogP contribution in [-0.2, 0) is 0 Å². The zero-order valence-electron chi connectivity index (χ0n) is 10.7. The van der Waals surface area contributed by atoms with Crippen molar-refractivity contribution in [2.75, 3.05) is 12.3 Å². The molecule has 0 aromatic carbocycles. The van der Waals surface area contributed by atoms with Crippen molar-refractivity contribution in [3.63, 3.8) is 0 Å². The number of fused-ring (bicyclic) bond motifs is 1. The van der Waals surface area contributed by atoms with Crippen LogP contribution in [0.1, 0.15) is 12.5 Å². The van der Waals surface area contributed by atoms with Crippen LogP contribution < -0.4 is 11.3 Å². The number of aromatic nitrogens is 4. The Morgan fingerprint density at radius 3 is 3.00 bits per heavy atom. The fourth-order valence-corrected chi connectivity index (χ4v) is 2.74. The summed E-state index contributed by atoms with van der Waals surface area (Å²) in [6.07, 6.45) is 1.20. The van der Waals surface area contributed by atoms with Crippen LogP contribution in [0.15, 0.2) is 23.3 Å². The molecule has 20 heavy (non-hydrogen) atoms. The van der Waals surface area contributed by atoms with E-state index >= 15 is 0 Å². The van der Waals surface area contributed by atoms with Gasteiger partial charge in [0.15, 0.2) is 11.2 Å². The van der Waals surface area contributed by atoms with E-state index in [2.05, 4.69) is 21.5 Å². The second-order valence-corrected chi connectivity index (χ2v) is 4.96. The number of hydrogen-bond donors (Lipinski definition) is 4. The summed E-state index contributed by atoms with van der Waals surface area (Å²) in [5, 5.41) is 19.2. The summed E-state index contributed by atoms with van der Waals surface area (Å²) in [5.74, 6) is -0.371. The van der Waals surface area contributed by atoms with Gasteiger partial charge in [0.25, 0.3) is 5.56 Å². The van der Waals surface area contributed by atoms with Gasteiger partial charge in [-0.05, 0) is 12.0 Å². The van der Waals surface area contributed by atoms with Gasteiger partial charge in [-0.2, -0.15) is 4.98 Å². The molecule has 1 aliphatic rings. The van der Waals surface area contributed by atoms with Crippen LogP contribution in [0, 0.1) is 5.92 Å². The number of H-pyrrole nitrogens is 1. The van der Waals surface area contributed by atoms with E-state index in [0.29, 0.717) is 17.6 Å². The third kappa shape index (κ3) is 1.73. The fourth-order valence-electron chi connectivity index (χ4n) is 2.74. The SMILES string of the molecule is C=C1[C@@H](CO)[C@@H](O)C[C@H]1n1c[15n]c2[13c](=O)[nH]c(N)n[13c]21. The largest absolute Gasteiger partial charge is 0.396 e. The van der Waals surface area contributed by atoms with Crippen LogP contribution in [0.2, 0.25) is 0 Å². The maximum Gasteiger partial charge on any atom is 0.280 e. The molecule has 0 radical (unpaired) electrons. The lowest BCUT2D eigenvalue weighted by Crippen LogP contribution is -2.17. The van der Waals surface area contributed by atoms with Gasteiger partial charge in [-0.3, -0.25) is 9.78 Å². The molecule has 1 fully saturated rings. The summed E-state index contributed by atoms with van der Waals surface area (Å²) >= 11 is 0. The first-order valence-electron chi connectivity index (χ1n) is 6.23. The third-order valence-electron chi connectivity index (χ3n) is 3.82. The van der Waals surface area contributed by atoms with Crippen molar-refractivity contribution in [1.82, 2.24) is 19.5 Å². The molecular weight excluding hydrogens is 265 g/mol. The normalized spacial score (nSPS) is 26.5. The van der Waals surface area contributed by atoms with Gasteiger partial charge in [0.2, 0.25) is 5.95 Å². The van der Waals surface area contributed by atoms with Gasteiger partial charge in [0.05, 0.1) is 25.1 Å². The first kappa shape index (κ1) is 12.8. The van der Waals surface area contributed by atoms with Crippen LogP contribution in [0.4, 0.5) is 5.95 Å². The minimum atomic E-state index is -0.672. The van der Waals surface area contributed by atoms with Crippen molar-refractivity contribution in [3.05, 3.63) is 28.8 Å². The third-order valence-corrected chi connectivity index (χ3v) is 3.82. The number of imidazole rings is 1. The molecule has 0 aliphatic heterocycles. The van der Waals surface area contributed by atoms with Gasteiger partial charge in [0.1, 0.15) is 0 Å². The quantitative estimate of drug-likeness (QED) is 0.531. The molecule has 1 aliphatic carbocycles. The molecule has 0 bridgehead atoms. The van der Waals surface area contributed by atoms with Crippen molar-refractivity contribution >= 4 is 17.1 Å². The van der Waals surface area contributed by atoms with E-state index in [9.17, 15) is 15.0 Å². The summed E-state index contributed by atoms with van der Waals surface area (Å²) in [6.45, 7) is 3.76. The Kier molecular flexibility index (Phi) is 2.84. The van der Waals surface area contributed by atoms with Crippen LogP contribution in [0.3, 0.4) is 0 Å². The van der Waals surface area contributed by atoms with Crippen LogP contribution >= 0.6 is 0 Å². The average Bonchev–Trinajstić information content (AvgIpc) is 2.91. The zero-order valence-corrected chi connectivity index (χ0v) is 10.7. The Hall–Kier alpha value is -2.19. The Labute approximate surface area is 113 Å². The first-order chi connectivity index (χ1) is 9.52. The molecule has 106 valence electrons. The summed E-state index contributed by atoms with van der Waals surface area (Å²) in [5.41, 5.74) is 6.37. The Morgan fingerprint density at radius 2 is 2.35 bits per heavy atom.